The zero-order valence-electron chi connectivity index (χ0n) is 19.5. The number of nitrogens with one attached hydrogen (secondary N) is 2. The van der Waals surface area contributed by atoms with Crippen LogP contribution >= 0.6 is 11.8 Å². The molecule has 2 N–H and O–H groups in total. The van der Waals surface area contributed by atoms with E-state index >= 15 is 0 Å². The van der Waals surface area contributed by atoms with Crippen molar-refractivity contribution in [1.82, 2.24) is 15.5 Å². The van der Waals surface area contributed by atoms with Gasteiger partial charge in [0.1, 0.15) is 0 Å². The van der Waals surface area contributed by atoms with Crippen molar-refractivity contribution in [3.05, 3.63) is 28.7 Å². The molecule has 1 aliphatic carbocycles. The van der Waals surface area contributed by atoms with Crippen molar-refractivity contribution in [2.24, 2.45) is 5.92 Å². The maximum atomic E-state index is 12.8. The van der Waals surface area contributed by atoms with Crippen LogP contribution in [0.25, 0.3) is 6.08 Å². The first-order valence-electron chi connectivity index (χ1n) is 11.4. The van der Waals surface area contributed by atoms with Crippen LogP contribution in [0.4, 0.5) is 0 Å². The molecule has 2 amide bonds. The molecule has 0 bridgehead atoms. The van der Waals surface area contributed by atoms with Gasteiger partial charge in [-0.1, -0.05) is 19.9 Å². The van der Waals surface area contributed by atoms with Crippen molar-refractivity contribution in [2.45, 2.75) is 44.4 Å². The molecule has 7 nitrogen and oxygen atoms in total. The smallest absolute Gasteiger partial charge is 0.257 e. The van der Waals surface area contributed by atoms with Crippen molar-refractivity contribution in [1.29, 1.82) is 0 Å². The first kappa shape index (κ1) is 24.5. The number of benzene rings is 1. The van der Waals surface area contributed by atoms with Gasteiger partial charge < -0.3 is 25.0 Å². The highest BCUT2D eigenvalue weighted by Gasteiger charge is 2.39. The Kier molecular flexibility index (Phi) is 8.87. The van der Waals surface area contributed by atoms with Crippen LogP contribution in [0.5, 0.6) is 11.5 Å². The number of fused-ring (bicyclic) bond motifs is 1. The standard InChI is InChI=1S/C24H35N3O4S/c1-5-27(6-2)12-11-25-23(28)17-8-10-21-18(15-17)26-24(29)22(32-21)14-16-7-9-19(30-3)20(13-16)31-4/h7,9,13-14,17-18,21H,5-6,8,10-12,15H2,1-4H3,(H,25,28)(H,26,29)/b22-14+. The second kappa shape index (κ2) is 11.6. The van der Waals surface area contributed by atoms with Gasteiger partial charge in [-0.15, -0.1) is 11.8 Å². The normalized spacial score (nSPS) is 24.1. The quantitative estimate of drug-likeness (QED) is 0.551. The topological polar surface area (TPSA) is 79.9 Å². The average Bonchev–Trinajstić information content (AvgIpc) is 2.81. The number of carbonyl (C=O) groups excluding carboxylic acids is 2. The van der Waals surface area contributed by atoms with Gasteiger partial charge in [0.15, 0.2) is 11.5 Å². The van der Waals surface area contributed by atoms with Crippen LogP contribution in [0.1, 0.15) is 38.7 Å². The van der Waals surface area contributed by atoms with Gasteiger partial charge in [-0.25, -0.2) is 0 Å². The van der Waals surface area contributed by atoms with E-state index < -0.39 is 0 Å². The van der Waals surface area contributed by atoms with Gasteiger partial charge in [0.2, 0.25) is 5.91 Å². The van der Waals surface area contributed by atoms with Crippen molar-refractivity contribution >= 4 is 29.7 Å². The lowest BCUT2D eigenvalue weighted by molar-refractivity contribution is -0.127. The maximum absolute atomic E-state index is 12.8. The number of amides is 2. The first-order chi connectivity index (χ1) is 15.5. The average molecular weight is 462 g/mol. The van der Waals surface area contributed by atoms with E-state index in [9.17, 15) is 9.59 Å². The third-order valence-corrected chi connectivity index (χ3v) is 7.73. The summed E-state index contributed by atoms with van der Waals surface area (Å²) in [5.41, 5.74) is 0.889. The van der Waals surface area contributed by atoms with E-state index in [-0.39, 0.29) is 23.8 Å². The molecule has 1 aromatic rings. The number of thioether (sulfide) groups is 1. The second-order valence-corrected chi connectivity index (χ2v) is 9.47. The minimum atomic E-state index is -0.0753. The maximum Gasteiger partial charge on any atom is 0.257 e. The summed E-state index contributed by atoms with van der Waals surface area (Å²) in [7, 11) is 3.20. The predicted molar refractivity (Wildman–Crippen MR) is 129 cm³/mol. The number of hydrogen-bond acceptors (Lipinski definition) is 6. The van der Waals surface area contributed by atoms with Gasteiger partial charge in [0, 0.05) is 30.3 Å². The summed E-state index contributed by atoms with van der Waals surface area (Å²) in [6.45, 7) is 7.77. The summed E-state index contributed by atoms with van der Waals surface area (Å²) in [4.78, 5) is 28.4. The van der Waals surface area contributed by atoms with E-state index in [4.69, 9.17) is 9.47 Å². The van der Waals surface area contributed by atoms with E-state index in [1.807, 2.05) is 24.3 Å². The third-order valence-electron chi connectivity index (χ3n) is 6.30. The Bertz CT molecular complexity index is 841. The summed E-state index contributed by atoms with van der Waals surface area (Å²) < 4.78 is 10.6. The van der Waals surface area contributed by atoms with Crippen molar-refractivity contribution in [3.8, 4) is 11.5 Å². The molecular formula is C24H35N3O4S. The number of rotatable bonds is 9. The molecule has 0 spiro atoms. The van der Waals surface area contributed by atoms with Crippen molar-refractivity contribution in [2.75, 3.05) is 40.4 Å². The summed E-state index contributed by atoms with van der Waals surface area (Å²) in [5.74, 6) is 1.29. The molecule has 2 fully saturated rings. The number of ether oxygens (including phenoxy) is 2. The van der Waals surface area contributed by atoms with E-state index in [0.29, 0.717) is 34.6 Å². The highest BCUT2D eigenvalue weighted by atomic mass is 32.2. The Morgan fingerprint density at radius 1 is 1.22 bits per heavy atom. The molecule has 0 radical (unpaired) electrons. The largest absolute Gasteiger partial charge is 0.493 e. The highest BCUT2D eigenvalue weighted by molar-refractivity contribution is 8.04. The molecular weight excluding hydrogens is 426 g/mol. The molecule has 0 aromatic heterocycles. The van der Waals surface area contributed by atoms with Gasteiger partial charge in [-0.3, -0.25) is 9.59 Å². The van der Waals surface area contributed by atoms with Crippen LogP contribution < -0.4 is 20.1 Å². The molecule has 3 rings (SSSR count). The molecule has 8 heteroatoms. The molecule has 1 aromatic carbocycles. The second-order valence-electron chi connectivity index (χ2n) is 8.19. The summed E-state index contributed by atoms with van der Waals surface area (Å²) >= 11 is 1.62. The highest BCUT2D eigenvalue weighted by Crippen LogP contribution is 2.40. The van der Waals surface area contributed by atoms with Crippen LogP contribution in [0.2, 0.25) is 0 Å². The monoisotopic (exact) mass is 461 g/mol. The Morgan fingerprint density at radius 3 is 2.66 bits per heavy atom. The Hall–Kier alpha value is -2.19. The first-order valence-corrected chi connectivity index (χ1v) is 12.3. The van der Waals surface area contributed by atoms with Gasteiger partial charge >= 0.3 is 0 Å². The fraction of sp³-hybridized carbons (Fsp3) is 0.583. The lowest BCUT2D eigenvalue weighted by Crippen LogP contribution is -2.51. The fourth-order valence-electron chi connectivity index (χ4n) is 4.34. The molecule has 1 saturated carbocycles. The van der Waals surface area contributed by atoms with Crippen LogP contribution in [0, 0.1) is 5.92 Å². The Morgan fingerprint density at radius 2 is 1.97 bits per heavy atom. The van der Waals surface area contributed by atoms with E-state index in [1.165, 1.54) is 0 Å². The van der Waals surface area contributed by atoms with E-state index in [2.05, 4.69) is 29.4 Å². The summed E-state index contributed by atoms with van der Waals surface area (Å²) in [6, 6.07) is 5.64. The van der Waals surface area contributed by atoms with Gasteiger partial charge in [0.25, 0.3) is 5.91 Å². The Labute approximate surface area is 195 Å². The third kappa shape index (κ3) is 5.98. The lowest BCUT2D eigenvalue weighted by Gasteiger charge is -2.39. The minimum absolute atomic E-state index is 0.0299. The number of nitrogens with zero attached hydrogens (tertiary/aromatic N) is 1. The van der Waals surface area contributed by atoms with Gasteiger partial charge in [-0.2, -0.15) is 0 Å². The number of likely N-dealkylation sites (N-methyl/N-ethyl adjacent to an activating group) is 1. The Balaban J connectivity index is 1.57. The fourth-order valence-corrected chi connectivity index (χ4v) is 5.64. The molecule has 3 unspecified atom stereocenters. The van der Waals surface area contributed by atoms with Crippen LogP contribution in [-0.2, 0) is 9.59 Å². The molecule has 2 aliphatic rings. The van der Waals surface area contributed by atoms with Crippen molar-refractivity contribution < 1.29 is 19.1 Å². The molecule has 176 valence electrons. The van der Waals surface area contributed by atoms with Gasteiger partial charge in [-0.05, 0) is 56.1 Å². The van der Waals surface area contributed by atoms with Crippen LogP contribution in [-0.4, -0.2) is 68.4 Å². The SMILES string of the molecule is CCN(CC)CCNC(=O)C1CCC2S/C(=C/c3ccc(OC)c(OC)c3)C(=O)NC2C1. The summed E-state index contributed by atoms with van der Waals surface area (Å²) in [6.07, 6.45) is 4.35. The molecule has 1 saturated heterocycles. The number of methoxy groups -OCH3 is 2. The van der Waals surface area contributed by atoms with E-state index in [0.717, 1.165) is 38.0 Å². The molecule has 1 heterocycles. The lowest BCUT2D eigenvalue weighted by atomic mass is 9.84. The minimum Gasteiger partial charge on any atom is -0.493 e. The van der Waals surface area contributed by atoms with E-state index in [1.54, 1.807) is 26.0 Å². The zero-order chi connectivity index (χ0) is 23.1. The van der Waals surface area contributed by atoms with Crippen molar-refractivity contribution in [3.63, 3.8) is 0 Å². The van der Waals surface area contributed by atoms with Gasteiger partial charge in [0.05, 0.1) is 19.1 Å². The molecule has 3 atom stereocenters. The molecule has 32 heavy (non-hydrogen) atoms. The number of carbonyl (C=O) groups is 2. The zero-order valence-corrected chi connectivity index (χ0v) is 20.3. The molecule has 1 aliphatic heterocycles. The van der Waals surface area contributed by atoms with Crippen LogP contribution in [0.15, 0.2) is 23.1 Å². The van der Waals surface area contributed by atoms with Crippen LogP contribution in [0.3, 0.4) is 0 Å². The predicted octanol–water partition coefficient (Wildman–Crippen LogP) is 2.90. The summed E-state index contributed by atoms with van der Waals surface area (Å²) in [5, 5.41) is 6.52. The number of hydrogen-bond donors (Lipinski definition) is 2.